The first-order valence-corrected chi connectivity index (χ1v) is 9.07. The molecule has 1 aromatic heterocycles. The van der Waals surface area contributed by atoms with E-state index in [0.29, 0.717) is 18.0 Å². The van der Waals surface area contributed by atoms with Crippen molar-refractivity contribution in [2.75, 3.05) is 6.61 Å². The predicted octanol–water partition coefficient (Wildman–Crippen LogP) is 2.83. The number of amides is 1. The van der Waals surface area contributed by atoms with Crippen LogP contribution in [0.1, 0.15) is 53.0 Å². The lowest BCUT2D eigenvalue weighted by atomic mass is 9.86. The first-order chi connectivity index (χ1) is 12.0. The molecule has 3 rings (SSSR count). The predicted molar refractivity (Wildman–Crippen MR) is 97.5 cm³/mol. The van der Waals surface area contributed by atoms with Gasteiger partial charge in [0.15, 0.2) is 0 Å². The minimum atomic E-state index is -0.00915. The zero-order chi connectivity index (χ0) is 17.8. The first-order valence-electron chi connectivity index (χ1n) is 9.07. The molecule has 0 spiro atoms. The highest BCUT2D eigenvalue weighted by Crippen LogP contribution is 2.24. The van der Waals surface area contributed by atoms with Gasteiger partial charge in [-0.1, -0.05) is 12.1 Å². The Kier molecular flexibility index (Phi) is 5.53. The maximum absolute atomic E-state index is 12.4. The topological polar surface area (TPSA) is 67.2 Å². The molecular formula is C20H27N3O2. The van der Waals surface area contributed by atoms with E-state index >= 15 is 0 Å². The molecule has 0 radical (unpaired) electrons. The summed E-state index contributed by atoms with van der Waals surface area (Å²) in [6, 6.07) is 10.0. The van der Waals surface area contributed by atoms with Crippen LogP contribution in [-0.4, -0.2) is 33.4 Å². The molecule has 0 unspecified atom stereocenters. The molecule has 0 atom stereocenters. The molecule has 25 heavy (non-hydrogen) atoms. The summed E-state index contributed by atoms with van der Waals surface area (Å²) in [4.78, 5) is 12.4. The normalized spacial score (nSPS) is 20.4. The Morgan fingerprint density at radius 1 is 1.20 bits per heavy atom. The van der Waals surface area contributed by atoms with Gasteiger partial charge in [0.05, 0.1) is 12.2 Å². The Morgan fingerprint density at radius 2 is 1.88 bits per heavy atom. The van der Waals surface area contributed by atoms with Crippen LogP contribution in [0.4, 0.5) is 0 Å². The average molecular weight is 341 g/mol. The standard InChI is InChI=1S/C20H27N3O2/c1-14-11-15(2)23(22-14)12-16-3-7-18(8-4-16)20(25)21-19-9-5-17(13-24)6-10-19/h3-4,7-8,11,17,19,24H,5-6,9-10,12-13H2,1-2H3,(H,21,25). The summed E-state index contributed by atoms with van der Waals surface area (Å²) in [5, 5.41) is 16.8. The van der Waals surface area contributed by atoms with Crippen molar-refractivity contribution in [3.05, 3.63) is 52.8 Å². The van der Waals surface area contributed by atoms with Gasteiger partial charge < -0.3 is 10.4 Å². The Morgan fingerprint density at radius 3 is 2.44 bits per heavy atom. The molecule has 134 valence electrons. The fraction of sp³-hybridized carbons (Fsp3) is 0.500. The van der Waals surface area contributed by atoms with Gasteiger partial charge in [-0.25, -0.2) is 0 Å². The summed E-state index contributed by atoms with van der Waals surface area (Å²) in [5.41, 5.74) is 3.98. The molecule has 1 amide bonds. The molecular weight excluding hydrogens is 314 g/mol. The third-order valence-corrected chi connectivity index (χ3v) is 5.09. The number of aliphatic hydroxyl groups excluding tert-OH is 1. The summed E-state index contributed by atoms with van der Waals surface area (Å²) in [6.45, 7) is 5.02. The number of carbonyl (C=O) groups is 1. The van der Waals surface area contributed by atoms with E-state index in [9.17, 15) is 9.90 Å². The number of rotatable bonds is 5. The molecule has 1 fully saturated rings. The van der Waals surface area contributed by atoms with E-state index in [4.69, 9.17) is 0 Å². The van der Waals surface area contributed by atoms with Crippen molar-refractivity contribution in [2.45, 2.75) is 52.1 Å². The van der Waals surface area contributed by atoms with E-state index in [-0.39, 0.29) is 18.6 Å². The van der Waals surface area contributed by atoms with Crippen LogP contribution in [0.5, 0.6) is 0 Å². The number of aryl methyl sites for hydroxylation is 2. The van der Waals surface area contributed by atoms with Gasteiger partial charge in [-0.05, 0) is 69.2 Å². The fourth-order valence-electron chi connectivity index (χ4n) is 3.53. The zero-order valence-corrected chi connectivity index (χ0v) is 15.0. The molecule has 2 aromatic rings. The second-order valence-electron chi connectivity index (χ2n) is 7.16. The van der Waals surface area contributed by atoms with Crippen LogP contribution < -0.4 is 5.32 Å². The summed E-state index contributed by atoms with van der Waals surface area (Å²) in [6.07, 6.45) is 3.88. The number of aromatic nitrogens is 2. The maximum atomic E-state index is 12.4. The SMILES string of the molecule is Cc1cc(C)n(Cc2ccc(C(=O)NC3CCC(CO)CC3)cc2)n1. The van der Waals surface area contributed by atoms with Crippen LogP contribution in [0, 0.1) is 19.8 Å². The van der Waals surface area contributed by atoms with Crippen LogP contribution in [0.3, 0.4) is 0 Å². The summed E-state index contributed by atoms with van der Waals surface area (Å²) < 4.78 is 1.98. The van der Waals surface area contributed by atoms with Crippen LogP contribution in [0.25, 0.3) is 0 Å². The number of benzene rings is 1. The van der Waals surface area contributed by atoms with Gasteiger partial charge in [0.2, 0.25) is 0 Å². The lowest BCUT2D eigenvalue weighted by molar-refractivity contribution is 0.0914. The van der Waals surface area contributed by atoms with Crippen molar-refractivity contribution in [3.8, 4) is 0 Å². The van der Waals surface area contributed by atoms with Gasteiger partial charge in [-0.2, -0.15) is 5.10 Å². The Bertz CT molecular complexity index is 713. The zero-order valence-electron chi connectivity index (χ0n) is 15.0. The van der Waals surface area contributed by atoms with E-state index in [1.54, 1.807) is 0 Å². The van der Waals surface area contributed by atoms with Gasteiger partial charge in [0.1, 0.15) is 0 Å². The van der Waals surface area contributed by atoms with E-state index in [2.05, 4.69) is 16.5 Å². The molecule has 5 nitrogen and oxygen atoms in total. The number of aliphatic hydroxyl groups is 1. The highest BCUT2D eigenvalue weighted by Gasteiger charge is 2.22. The van der Waals surface area contributed by atoms with Gasteiger partial charge in [0, 0.05) is 23.9 Å². The van der Waals surface area contributed by atoms with Crippen molar-refractivity contribution in [2.24, 2.45) is 5.92 Å². The molecule has 2 N–H and O–H groups in total. The molecule has 1 heterocycles. The Hall–Kier alpha value is -2.14. The number of nitrogens with one attached hydrogen (secondary N) is 1. The molecule has 0 bridgehead atoms. The Labute approximate surface area is 149 Å². The van der Waals surface area contributed by atoms with Gasteiger partial charge in [-0.3, -0.25) is 9.48 Å². The summed E-state index contributed by atoms with van der Waals surface area (Å²) in [7, 11) is 0. The minimum Gasteiger partial charge on any atom is -0.396 e. The van der Waals surface area contributed by atoms with Crippen molar-refractivity contribution in [3.63, 3.8) is 0 Å². The van der Waals surface area contributed by atoms with Crippen molar-refractivity contribution < 1.29 is 9.90 Å². The fourth-order valence-corrected chi connectivity index (χ4v) is 3.53. The summed E-state index contributed by atoms with van der Waals surface area (Å²) >= 11 is 0. The number of hydrogen-bond donors (Lipinski definition) is 2. The van der Waals surface area contributed by atoms with E-state index < -0.39 is 0 Å². The molecule has 0 aliphatic heterocycles. The minimum absolute atomic E-state index is 0.00915. The third kappa shape index (κ3) is 4.48. The molecule has 0 saturated heterocycles. The third-order valence-electron chi connectivity index (χ3n) is 5.09. The number of nitrogens with zero attached hydrogens (tertiary/aromatic N) is 2. The molecule has 5 heteroatoms. The van der Waals surface area contributed by atoms with Crippen molar-refractivity contribution in [1.82, 2.24) is 15.1 Å². The largest absolute Gasteiger partial charge is 0.396 e. The second kappa shape index (κ2) is 7.83. The highest BCUT2D eigenvalue weighted by molar-refractivity contribution is 5.94. The first kappa shape index (κ1) is 17.7. The van der Waals surface area contributed by atoms with Crippen molar-refractivity contribution in [1.29, 1.82) is 0 Å². The van der Waals surface area contributed by atoms with Crippen LogP contribution in [0.15, 0.2) is 30.3 Å². The molecule has 1 saturated carbocycles. The van der Waals surface area contributed by atoms with Gasteiger partial charge >= 0.3 is 0 Å². The second-order valence-corrected chi connectivity index (χ2v) is 7.16. The van der Waals surface area contributed by atoms with Crippen LogP contribution >= 0.6 is 0 Å². The monoisotopic (exact) mass is 341 g/mol. The van der Waals surface area contributed by atoms with E-state index in [1.165, 1.54) is 0 Å². The van der Waals surface area contributed by atoms with Crippen LogP contribution in [0.2, 0.25) is 0 Å². The quantitative estimate of drug-likeness (QED) is 0.879. The molecule has 1 aliphatic carbocycles. The molecule has 1 aromatic carbocycles. The smallest absolute Gasteiger partial charge is 0.251 e. The van der Waals surface area contributed by atoms with Gasteiger partial charge in [0.25, 0.3) is 5.91 Å². The highest BCUT2D eigenvalue weighted by atomic mass is 16.3. The van der Waals surface area contributed by atoms with Crippen molar-refractivity contribution >= 4 is 5.91 Å². The van der Waals surface area contributed by atoms with Crippen LogP contribution in [-0.2, 0) is 6.54 Å². The maximum Gasteiger partial charge on any atom is 0.251 e. The lowest BCUT2D eigenvalue weighted by Gasteiger charge is -2.28. The summed E-state index contributed by atoms with van der Waals surface area (Å²) in [5.74, 6) is 0.395. The van der Waals surface area contributed by atoms with E-state index in [0.717, 1.165) is 42.6 Å². The molecule has 1 aliphatic rings. The lowest BCUT2D eigenvalue weighted by Crippen LogP contribution is -2.38. The van der Waals surface area contributed by atoms with Gasteiger partial charge in [-0.15, -0.1) is 0 Å². The number of hydrogen-bond acceptors (Lipinski definition) is 3. The number of carbonyl (C=O) groups excluding carboxylic acids is 1. The average Bonchev–Trinajstić information content (AvgIpc) is 2.93. The van der Waals surface area contributed by atoms with E-state index in [1.807, 2.05) is 42.8 Å². The Balaban J connectivity index is 1.56.